The minimum Gasteiger partial charge on any atom is -0.317 e. The van der Waals surface area contributed by atoms with E-state index in [-0.39, 0.29) is 5.82 Å². The maximum Gasteiger partial charge on any atom is 0.137 e. The predicted octanol–water partition coefficient (Wildman–Crippen LogP) is 3.77. The van der Waals surface area contributed by atoms with Gasteiger partial charge in [-0.05, 0) is 59.1 Å². The SMILES string of the molecule is CCNCC(CC)Cc1ccc(F)c(Br)c1. The van der Waals surface area contributed by atoms with Crippen molar-refractivity contribution in [2.75, 3.05) is 13.1 Å². The van der Waals surface area contributed by atoms with Crippen LogP contribution in [0.2, 0.25) is 0 Å². The Labute approximate surface area is 106 Å². The normalized spacial score (nSPS) is 12.8. The van der Waals surface area contributed by atoms with E-state index in [1.54, 1.807) is 0 Å². The van der Waals surface area contributed by atoms with Crippen LogP contribution in [0.3, 0.4) is 0 Å². The van der Waals surface area contributed by atoms with E-state index in [0.29, 0.717) is 10.4 Å². The topological polar surface area (TPSA) is 12.0 Å². The molecule has 1 unspecified atom stereocenters. The fourth-order valence-electron chi connectivity index (χ4n) is 1.71. The largest absolute Gasteiger partial charge is 0.317 e. The highest BCUT2D eigenvalue weighted by atomic mass is 79.9. The number of benzene rings is 1. The van der Waals surface area contributed by atoms with E-state index in [1.165, 1.54) is 11.6 Å². The maximum absolute atomic E-state index is 13.1. The average Bonchev–Trinajstić information content (AvgIpc) is 2.29. The molecule has 0 aliphatic heterocycles. The molecule has 0 saturated carbocycles. The molecule has 3 heteroatoms. The fraction of sp³-hybridized carbons (Fsp3) is 0.538. The smallest absolute Gasteiger partial charge is 0.137 e. The fourth-order valence-corrected chi connectivity index (χ4v) is 2.14. The summed E-state index contributed by atoms with van der Waals surface area (Å²) >= 11 is 3.22. The first-order valence-electron chi connectivity index (χ1n) is 5.82. The van der Waals surface area contributed by atoms with Gasteiger partial charge in [-0.25, -0.2) is 4.39 Å². The quantitative estimate of drug-likeness (QED) is 0.840. The zero-order chi connectivity index (χ0) is 12.0. The number of nitrogens with one attached hydrogen (secondary N) is 1. The third-order valence-electron chi connectivity index (χ3n) is 2.77. The molecule has 0 bridgehead atoms. The van der Waals surface area contributed by atoms with Crippen molar-refractivity contribution in [1.82, 2.24) is 5.32 Å². The summed E-state index contributed by atoms with van der Waals surface area (Å²) in [5.41, 5.74) is 1.19. The van der Waals surface area contributed by atoms with Crippen LogP contribution in [-0.2, 0) is 6.42 Å². The highest BCUT2D eigenvalue weighted by Crippen LogP contribution is 2.19. The summed E-state index contributed by atoms with van der Waals surface area (Å²) in [5.74, 6) is 0.431. The Balaban J connectivity index is 2.59. The molecule has 1 atom stereocenters. The van der Waals surface area contributed by atoms with Crippen molar-refractivity contribution in [1.29, 1.82) is 0 Å². The van der Waals surface area contributed by atoms with Crippen molar-refractivity contribution < 1.29 is 4.39 Å². The van der Waals surface area contributed by atoms with Crippen LogP contribution in [0.25, 0.3) is 0 Å². The van der Waals surface area contributed by atoms with E-state index in [2.05, 4.69) is 35.1 Å². The van der Waals surface area contributed by atoms with Gasteiger partial charge >= 0.3 is 0 Å². The summed E-state index contributed by atoms with van der Waals surface area (Å²) in [5, 5.41) is 3.36. The van der Waals surface area contributed by atoms with Crippen molar-refractivity contribution in [3.63, 3.8) is 0 Å². The molecule has 0 radical (unpaired) electrons. The lowest BCUT2D eigenvalue weighted by molar-refractivity contribution is 0.467. The van der Waals surface area contributed by atoms with Crippen LogP contribution < -0.4 is 5.32 Å². The molecule has 0 amide bonds. The van der Waals surface area contributed by atoms with E-state index in [9.17, 15) is 4.39 Å². The summed E-state index contributed by atoms with van der Waals surface area (Å²) in [4.78, 5) is 0. The van der Waals surface area contributed by atoms with Crippen molar-refractivity contribution >= 4 is 15.9 Å². The van der Waals surface area contributed by atoms with Gasteiger partial charge in [0.2, 0.25) is 0 Å². The van der Waals surface area contributed by atoms with Gasteiger partial charge in [0.05, 0.1) is 4.47 Å². The molecule has 1 aromatic carbocycles. The van der Waals surface area contributed by atoms with E-state index in [1.807, 2.05) is 12.1 Å². The number of rotatable bonds is 6. The van der Waals surface area contributed by atoms with Crippen molar-refractivity contribution in [2.45, 2.75) is 26.7 Å². The first kappa shape index (κ1) is 13.7. The van der Waals surface area contributed by atoms with Crippen LogP contribution in [0.4, 0.5) is 4.39 Å². The van der Waals surface area contributed by atoms with Gasteiger partial charge in [0, 0.05) is 0 Å². The van der Waals surface area contributed by atoms with E-state index in [4.69, 9.17) is 0 Å². The third-order valence-corrected chi connectivity index (χ3v) is 3.38. The zero-order valence-electron chi connectivity index (χ0n) is 9.89. The Morgan fingerprint density at radius 3 is 2.69 bits per heavy atom. The molecule has 16 heavy (non-hydrogen) atoms. The van der Waals surface area contributed by atoms with Gasteiger partial charge in [-0.1, -0.05) is 26.3 Å². The summed E-state index contributed by atoms with van der Waals surface area (Å²) < 4.78 is 13.6. The Morgan fingerprint density at radius 2 is 2.12 bits per heavy atom. The molecule has 0 aromatic heterocycles. The molecule has 1 N–H and O–H groups in total. The first-order valence-corrected chi connectivity index (χ1v) is 6.61. The standard InChI is InChI=1S/C13H19BrFN/c1-3-10(9-16-4-2)7-11-5-6-13(15)12(14)8-11/h5-6,8,10,16H,3-4,7,9H2,1-2H3. The van der Waals surface area contributed by atoms with Crippen LogP contribution in [-0.4, -0.2) is 13.1 Å². The number of hydrogen-bond donors (Lipinski definition) is 1. The lowest BCUT2D eigenvalue weighted by atomic mass is 9.97. The Bertz CT molecular complexity index is 328. The molecule has 0 aliphatic rings. The van der Waals surface area contributed by atoms with Crippen molar-refractivity contribution in [3.05, 3.63) is 34.1 Å². The molecule has 0 aliphatic carbocycles. The molecular formula is C13H19BrFN. The van der Waals surface area contributed by atoms with Gasteiger partial charge in [-0.2, -0.15) is 0 Å². The second kappa shape index (κ2) is 7.02. The minimum absolute atomic E-state index is 0.191. The molecular weight excluding hydrogens is 269 g/mol. The summed E-state index contributed by atoms with van der Waals surface area (Å²) in [6, 6.07) is 5.28. The first-order chi connectivity index (χ1) is 7.67. The van der Waals surface area contributed by atoms with Crippen molar-refractivity contribution in [2.24, 2.45) is 5.92 Å². The zero-order valence-corrected chi connectivity index (χ0v) is 11.5. The summed E-state index contributed by atoms with van der Waals surface area (Å²) in [6.07, 6.45) is 2.14. The lowest BCUT2D eigenvalue weighted by Crippen LogP contribution is -2.23. The lowest BCUT2D eigenvalue weighted by Gasteiger charge is -2.15. The van der Waals surface area contributed by atoms with E-state index in [0.717, 1.165) is 25.9 Å². The Kier molecular flexibility index (Phi) is 5.99. The number of hydrogen-bond acceptors (Lipinski definition) is 1. The Morgan fingerprint density at radius 1 is 1.38 bits per heavy atom. The van der Waals surface area contributed by atoms with Crippen LogP contribution >= 0.6 is 15.9 Å². The van der Waals surface area contributed by atoms with E-state index >= 15 is 0 Å². The highest BCUT2D eigenvalue weighted by Gasteiger charge is 2.08. The van der Waals surface area contributed by atoms with Crippen LogP contribution in [0.5, 0.6) is 0 Å². The summed E-state index contributed by atoms with van der Waals surface area (Å²) in [7, 11) is 0. The molecule has 0 saturated heterocycles. The molecule has 1 nitrogen and oxygen atoms in total. The molecule has 90 valence electrons. The van der Waals surface area contributed by atoms with Gasteiger partial charge in [-0.15, -0.1) is 0 Å². The Hall–Kier alpha value is -0.410. The van der Waals surface area contributed by atoms with E-state index < -0.39 is 0 Å². The monoisotopic (exact) mass is 287 g/mol. The van der Waals surface area contributed by atoms with Gasteiger partial charge < -0.3 is 5.32 Å². The molecule has 1 aromatic rings. The second-order valence-electron chi connectivity index (χ2n) is 4.03. The molecule has 0 spiro atoms. The van der Waals surface area contributed by atoms with Crippen LogP contribution in [0.15, 0.2) is 22.7 Å². The van der Waals surface area contributed by atoms with Crippen molar-refractivity contribution in [3.8, 4) is 0 Å². The molecule has 1 rings (SSSR count). The highest BCUT2D eigenvalue weighted by molar-refractivity contribution is 9.10. The average molecular weight is 288 g/mol. The molecule has 0 fully saturated rings. The van der Waals surface area contributed by atoms with Gasteiger partial charge in [0.25, 0.3) is 0 Å². The molecule has 0 heterocycles. The number of halogens is 2. The van der Waals surface area contributed by atoms with Gasteiger partial charge in [0.15, 0.2) is 0 Å². The second-order valence-corrected chi connectivity index (χ2v) is 4.89. The minimum atomic E-state index is -0.191. The van der Waals surface area contributed by atoms with Gasteiger partial charge in [0.1, 0.15) is 5.82 Å². The summed E-state index contributed by atoms with van der Waals surface area (Å²) in [6.45, 7) is 6.34. The van der Waals surface area contributed by atoms with Crippen LogP contribution in [0, 0.1) is 11.7 Å². The van der Waals surface area contributed by atoms with Gasteiger partial charge in [-0.3, -0.25) is 0 Å². The third kappa shape index (κ3) is 4.22. The maximum atomic E-state index is 13.1. The predicted molar refractivity (Wildman–Crippen MR) is 70.1 cm³/mol. The van der Waals surface area contributed by atoms with Crippen LogP contribution in [0.1, 0.15) is 25.8 Å².